The second-order valence-electron chi connectivity index (χ2n) is 7.15. The van der Waals surface area contributed by atoms with Crippen molar-refractivity contribution in [3.05, 3.63) is 58.1 Å². The molecule has 1 unspecified atom stereocenters. The molecule has 0 bridgehead atoms. The van der Waals surface area contributed by atoms with Crippen molar-refractivity contribution in [2.75, 3.05) is 18.4 Å². The van der Waals surface area contributed by atoms with Gasteiger partial charge in [0, 0.05) is 23.8 Å². The van der Waals surface area contributed by atoms with E-state index in [1.54, 1.807) is 24.3 Å². The van der Waals surface area contributed by atoms with Crippen LogP contribution in [0.5, 0.6) is 0 Å². The number of esters is 1. The molecule has 0 radical (unpaired) electrons. The fraction of sp³-hybridized carbons (Fsp3) is 0.333. The standard InChI is InChI=1S/C21H22Cl2N2O5S/c1-14(20(26)24-16-7-5-6-15(22)12-16)30-21(27)18-13-17(8-9-19(18)23)31(28,29)25-10-3-2-4-11-25/h5-9,12-14H,2-4,10-11H2,1H3,(H,24,26). The third-order valence-corrected chi connectivity index (χ3v) is 7.32. The van der Waals surface area contributed by atoms with E-state index in [0.29, 0.717) is 23.8 Å². The van der Waals surface area contributed by atoms with Gasteiger partial charge in [0.25, 0.3) is 5.91 Å². The molecule has 2 aromatic carbocycles. The molecule has 0 spiro atoms. The zero-order valence-corrected chi connectivity index (χ0v) is 19.1. The molecule has 3 rings (SSSR count). The van der Waals surface area contributed by atoms with Crippen LogP contribution >= 0.6 is 23.2 Å². The predicted octanol–water partition coefficient (Wildman–Crippen LogP) is 4.35. The van der Waals surface area contributed by atoms with Crippen LogP contribution in [0.3, 0.4) is 0 Å². The molecule has 0 saturated carbocycles. The van der Waals surface area contributed by atoms with E-state index in [-0.39, 0.29) is 15.5 Å². The number of carbonyl (C=O) groups is 2. The lowest BCUT2D eigenvalue weighted by atomic mass is 10.2. The Morgan fingerprint density at radius 3 is 2.45 bits per heavy atom. The highest BCUT2D eigenvalue weighted by Crippen LogP contribution is 2.26. The van der Waals surface area contributed by atoms with E-state index in [0.717, 1.165) is 19.3 Å². The number of nitrogens with one attached hydrogen (secondary N) is 1. The quantitative estimate of drug-likeness (QED) is 0.615. The van der Waals surface area contributed by atoms with Crippen LogP contribution in [0.25, 0.3) is 0 Å². The SMILES string of the molecule is CC(OC(=O)c1cc(S(=O)(=O)N2CCCCC2)ccc1Cl)C(=O)Nc1cccc(Cl)c1. The van der Waals surface area contributed by atoms with Crippen LogP contribution in [0.1, 0.15) is 36.5 Å². The molecule has 1 N–H and O–H groups in total. The van der Waals surface area contributed by atoms with Gasteiger partial charge < -0.3 is 10.1 Å². The van der Waals surface area contributed by atoms with E-state index >= 15 is 0 Å². The molecule has 2 aromatic rings. The van der Waals surface area contributed by atoms with E-state index in [1.165, 1.54) is 29.4 Å². The maximum atomic E-state index is 12.9. The van der Waals surface area contributed by atoms with E-state index in [1.807, 2.05) is 0 Å². The highest BCUT2D eigenvalue weighted by molar-refractivity contribution is 7.89. The number of rotatable bonds is 6. The lowest BCUT2D eigenvalue weighted by Gasteiger charge is -2.26. The first-order valence-corrected chi connectivity index (χ1v) is 11.9. The Morgan fingerprint density at radius 2 is 1.77 bits per heavy atom. The smallest absolute Gasteiger partial charge is 0.340 e. The van der Waals surface area contributed by atoms with Crippen molar-refractivity contribution in [3.8, 4) is 0 Å². The summed E-state index contributed by atoms with van der Waals surface area (Å²) in [6.07, 6.45) is 1.42. The average molecular weight is 485 g/mol. The summed E-state index contributed by atoms with van der Waals surface area (Å²) in [5.41, 5.74) is 0.329. The molecule has 166 valence electrons. The van der Waals surface area contributed by atoms with Gasteiger partial charge in [-0.3, -0.25) is 4.79 Å². The summed E-state index contributed by atoms with van der Waals surface area (Å²) in [6, 6.07) is 10.4. The fourth-order valence-corrected chi connectivity index (χ4v) is 5.09. The largest absolute Gasteiger partial charge is 0.449 e. The molecule has 7 nitrogen and oxygen atoms in total. The molecule has 1 heterocycles. The van der Waals surface area contributed by atoms with Crippen molar-refractivity contribution in [1.82, 2.24) is 4.31 Å². The minimum absolute atomic E-state index is 0.0324. The van der Waals surface area contributed by atoms with Crippen molar-refractivity contribution >= 4 is 50.8 Å². The van der Waals surface area contributed by atoms with Crippen LogP contribution < -0.4 is 5.32 Å². The number of ether oxygens (including phenoxy) is 1. The minimum atomic E-state index is -3.75. The van der Waals surface area contributed by atoms with Gasteiger partial charge >= 0.3 is 5.97 Å². The zero-order valence-electron chi connectivity index (χ0n) is 16.8. The van der Waals surface area contributed by atoms with Gasteiger partial charge in [-0.05, 0) is 56.2 Å². The molecule has 1 fully saturated rings. The number of halogens is 2. The number of piperidine rings is 1. The van der Waals surface area contributed by atoms with Crippen molar-refractivity contribution in [2.45, 2.75) is 37.2 Å². The molecule has 1 atom stereocenters. The van der Waals surface area contributed by atoms with Crippen LogP contribution in [0.4, 0.5) is 5.69 Å². The second-order valence-corrected chi connectivity index (χ2v) is 9.94. The van der Waals surface area contributed by atoms with Gasteiger partial charge in [0.15, 0.2) is 6.10 Å². The second kappa shape index (κ2) is 9.99. The monoisotopic (exact) mass is 484 g/mol. The van der Waals surface area contributed by atoms with E-state index < -0.39 is 28.0 Å². The first-order valence-electron chi connectivity index (χ1n) is 9.75. The molecule has 0 aliphatic carbocycles. The summed E-state index contributed by atoms with van der Waals surface area (Å²) in [7, 11) is -3.75. The average Bonchev–Trinajstić information content (AvgIpc) is 2.74. The van der Waals surface area contributed by atoms with Crippen molar-refractivity contribution in [1.29, 1.82) is 0 Å². The highest BCUT2D eigenvalue weighted by Gasteiger charge is 2.28. The van der Waals surface area contributed by atoms with E-state index in [2.05, 4.69) is 5.32 Å². The maximum Gasteiger partial charge on any atom is 0.340 e. The molecule has 1 aliphatic heterocycles. The van der Waals surface area contributed by atoms with Gasteiger partial charge in [-0.25, -0.2) is 13.2 Å². The van der Waals surface area contributed by atoms with Crippen LogP contribution in [0.15, 0.2) is 47.4 Å². The van der Waals surface area contributed by atoms with Gasteiger partial charge in [0.05, 0.1) is 15.5 Å². The summed E-state index contributed by atoms with van der Waals surface area (Å²) in [5.74, 6) is -1.46. The first kappa shape index (κ1) is 23.5. The zero-order chi connectivity index (χ0) is 22.6. The summed E-state index contributed by atoms with van der Waals surface area (Å²) in [5, 5.41) is 3.07. The third kappa shape index (κ3) is 5.77. The van der Waals surface area contributed by atoms with Crippen molar-refractivity contribution < 1.29 is 22.7 Å². The van der Waals surface area contributed by atoms with Crippen LogP contribution in [-0.4, -0.2) is 43.8 Å². The molecule has 1 aliphatic rings. The number of hydrogen-bond donors (Lipinski definition) is 1. The molecule has 1 amide bonds. The molecule has 0 aromatic heterocycles. The van der Waals surface area contributed by atoms with Crippen molar-refractivity contribution in [2.24, 2.45) is 0 Å². The van der Waals surface area contributed by atoms with Crippen LogP contribution in [-0.2, 0) is 19.6 Å². The Morgan fingerprint density at radius 1 is 1.06 bits per heavy atom. The van der Waals surface area contributed by atoms with Gasteiger partial charge in [0.2, 0.25) is 10.0 Å². The molecule has 31 heavy (non-hydrogen) atoms. The normalized spacial score (nSPS) is 15.8. The van der Waals surface area contributed by atoms with Crippen LogP contribution in [0, 0.1) is 0 Å². The number of hydrogen-bond acceptors (Lipinski definition) is 5. The maximum absolute atomic E-state index is 12.9. The lowest BCUT2D eigenvalue weighted by molar-refractivity contribution is -0.123. The number of nitrogens with zero attached hydrogens (tertiary/aromatic N) is 1. The lowest BCUT2D eigenvalue weighted by Crippen LogP contribution is -2.35. The Labute approximate surface area is 191 Å². The number of benzene rings is 2. The third-order valence-electron chi connectivity index (χ3n) is 4.86. The fourth-order valence-electron chi connectivity index (χ4n) is 3.16. The Bertz CT molecular complexity index is 1080. The molecular formula is C21H22Cl2N2O5S. The highest BCUT2D eigenvalue weighted by atomic mass is 35.5. The van der Waals surface area contributed by atoms with E-state index in [9.17, 15) is 18.0 Å². The summed E-state index contributed by atoms with van der Waals surface area (Å²) < 4.78 is 32.4. The number of amides is 1. The summed E-state index contributed by atoms with van der Waals surface area (Å²) >= 11 is 12.0. The van der Waals surface area contributed by atoms with Gasteiger partial charge in [-0.2, -0.15) is 4.31 Å². The van der Waals surface area contributed by atoms with Crippen LogP contribution in [0.2, 0.25) is 10.0 Å². The Hall–Kier alpha value is -2.13. The Kier molecular flexibility index (Phi) is 7.59. The number of sulfonamides is 1. The molecule has 10 heteroatoms. The number of anilines is 1. The Balaban J connectivity index is 1.73. The molecule has 1 saturated heterocycles. The number of carbonyl (C=O) groups excluding carboxylic acids is 2. The topological polar surface area (TPSA) is 92.8 Å². The predicted molar refractivity (Wildman–Crippen MR) is 119 cm³/mol. The van der Waals surface area contributed by atoms with Gasteiger partial charge in [-0.1, -0.05) is 35.7 Å². The van der Waals surface area contributed by atoms with Gasteiger partial charge in [-0.15, -0.1) is 0 Å². The summed E-state index contributed by atoms with van der Waals surface area (Å²) in [6.45, 7) is 2.27. The van der Waals surface area contributed by atoms with E-state index in [4.69, 9.17) is 27.9 Å². The molecular weight excluding hydrogens is 463 g/mol. The minimum Gasteiger partial charge on any atom is -0.449 e. The summed E-state index contributed by atoms with van der Waals surface area (Å²) in [4.78, 5) is 24.9. The first-order chi connectivity index (χ1) is 14.7. The van der Waals surface area contributed by atoms with Crippen molar-refractivity contribution in [3.63, 3.8) is 0 Å². The van der Waals surface area contributed by atoms with Gasteiger partial charge in [0.1, 0.15) is 0 Å².